The lowest BCUT2D eigenvalue weighted by molar-refractivity contribution is -0.149. The maximum absolute atomic E-state index is 10.3. The topological polar surface area (TPSA) is 58.9 Å². The summed E-state index contributed by atoms with van der Waals surface area (Å²) in [5.74, 6) is 0.597. The van der Waals surface area contributed by atoms with Crippen LogP contribution in [-0.2, 0) is 4.74 Å². The molecule has 0 aliphatic heterocycles. The van der Waals surface area contributed by atoms with Crippen LogP contribution in [0.4, 0.5) is 0 Å². The zero-order chi connectivity index (χ0) is 23.9. The first-order chi connectivity index (χ1) is 16.5. The first-order valence-electron chi connectivity index (χ1n) is 12.1. The zero-order valence-electron chi connectivity index (χ0n) is 20.0. The molecule has 0 bridgehead atoms. The fraction of sp³-hybridized carbons (Fsp3) is 0.333. The van der Waals surface area contributed by atoms with Gasteiger partial charge >= 0.3 is 0 Å². The van der Waals surface area contributed by atoms with E-state index in [0.717, 1.165) is 30.4 Å². The van der Waals surface area contributed by atoms with Crippen molar-refractivity contribution in [2.45, 2.75) is 64.6 Å². The summed E-state index contributed by atoms with van der Waals surface area (Å²) in [6.45, 7) is 4.16. The second kappa shape index (κ2) is 11.5. The van der Waals surface area contributed by atoms with Gasteiger partial charge < -0.3 is 19.7 Å². The first kappa shape index (κ1) is 24.2. The molecule has 0 aromatic heterocycles. The predicted molar refractivity (Wildman–Crippen MR) is 136 cm³/mol. The van der Waals surface area contributed by atoms with Gasteiger partial charge in [0.15, 0.2) is 12.6 Å². The van der Waals surface area contributed by atoms with Crippen molar-refractivity contribution < 1.29 is 19.7 Å². The molecule has 178 valence electrons. The summed E-state index contributed by atoms with van der Waals surface area (Å²) in [5.41, 5.74) is 7.32. The van der Waals surface area contributed by atoms with Gasteiger partial charge in [-0.3, -0.25) is 0 Å². The van der Waals surface area contributed by atoms with Crippen LogP contribution in [0, 0.1) is 13.8 Å². The number of aliphatic hydroxyl groups is 2. The highest BCUT2D eigenvalue weighted by molar-refractivity contribution is 5.66. The third-order valence-corrected chi connectivity index (χ3v) is 6.31. The van der Waals surface area contributed by atoms with Crippen LogP contribution in [-0.4, -0.2) is 28.9 Å². The third kappa shape index (κ3) is 6.80. The minimum Gasteiger partial charge on any atom is -0.465 e. The highest BCUT2D eigenvalue weighted by atomic mass is 16.6. The van der Waals surface area contributed by atoms with Crippen molar-refractivity contribution in [3.63, 3.8) is 0 Å². The number of aryl methyl sites for hydroxylation is 2. The molecule has 3 unspecified atom stereocenters. The Morgan fingerprint density at radius 3 is 1.82 bits per heavy atom. The number of benzene rings is 3. The Morgan fingerprint density at radius 1 is 0.735 bits per heavy atom. The Balaban J connectivity index is 1.19. The molecule has 0 radical (unpaired) electrons. The van der Waals surface area contributed by atoms with Crippen LogP contribution in [0.25, 0.3) is 16.7 Å². The van der Waals surface area contributed by atoms with Crippen molar-refractivity contribution in [1.29, 1.82) is 0 Å². The molecule has 4 heteroatoms. The second-order valence-electron chi connectivity index (χ2n) is 9.12. The first-order valence-corrected chi connectivity index (χ1v) is 12.1. The van der Waals surface area contributed by atoms with Gasteiger partial charge in [0.05, 0.1) is 6.10 Å². The van der Waals surface area contributed by atoms with Crippen molar-refractivity contribution in [1.82, 2.24) is 0 Å². The fourth-order valence-corrected chi connectivity index (χ4v) is 4.23. The minimum atomic E-state index is -0.997. The number of hydrogen-bond acceptors (Lipinski definition) is 4. The van der Waals surface area contributed by atoms with E-state index in [-0.39, 0.29) is 12.5 Å². The summed E-state index contributed by atoms with van der Waals surface area (Å²) >= 11 is 0. The summed E-state index contributed by atoms with van der Waals surface area (Å²) in [6.07, 6.45) is 3.50. The normalized spacial score (nSPS) is 17.6. The average Bonchev–Trinajstić information content (AvgIpc) is 2.85. The van der Waals surface area contributed by atoms with Gasteiger partial charge in [0, 0.05) is 12.8 Å². The summed E-state index contributed by atoms with van der Waals surface area (Å²) in [4.78, 5) is 0. The molecule has 2 N–H and O–H groups in total. The summed E-state index contributed by atoms with van der Waals surface area (Å²) in [7, 11) is 0. The van der Waals surface area contributed by atoms with Crippen LogP contribution >= 0.6 is 0 Å². The van der Waals surface area contributed by atoms with Crippen LogP contribution in [0.5, 0.6) is 5.75 Å². The Labute approximate surface area is 202 Å². The summed E-state index contributed by atoms with van der Waals surface area (Å²) in [6, 6.07) is 24.6. The lowest BCUT2D eigenvalue weighted by Crippen LogP contribution is -2.25. The molecule has 0 amide bonds. The molecule has 0 saturated carbocycles. The number of ether oxygens (including phenoxy) is 2. The second-order valence-corrected chi connectivity index (χ2v) is 9.12. The monoisotopic (exact) mass is 458 g/mol. The maximum Gasteiger partial charge on any atom is 0.197 e. The third-order valence-electron chi connectivity index (χ3n) is 6.31. The summed E-state index contributed by atoms with van der Waals surface area (Å²) in [5, 5.41) is 20.6. The molecule has 3 atom stereocenters. The van der Waals surface area contributed by atoms with E-state index in [0.29, 0.717) is 12.2 Å². The van der Waals surface area contributed by atoms with Gasteiger partial charge in [-0.05, 0) is 67.5 Å². The lowest BCUT2D eigenvalue weighted by atomic mass is 9.91. The van der Waals surface area contributed by atoms with Gasteiger partial charge in [0.1, 0.15) is 5.75 Å². The lowest BCUT2D eigenvalue weighted by Gasteiger charge is -2.25. The molecule has 1 aliphatic rings. The highest BCUT2D eigenvalue weighted by Crippen LogP contribution is 2.29. The van der Waals surface area contributed by atoms with E-state index in [1.807, 2.05) is 24.3 Å². The van der Waals surface area contributed by atoms with E-state index in [4.69, 9.17) is 9.47 Å². The Hall–Kier alpha value is -2.92. The van der Waals surface area contributed by atoms with Crippen LogP contribution in [0.2, 0.25) is 0 Å². The molecule has 3 aromatic rings. The van der Waals surface area contributed by atoms with Crippen molar-refractivity contribution in [2.75, 3.05) is 0 Å². The average molecular weight is 459 g/mol. The van der Waals surface area contributed by atoms with E-state index in [1.165, 1.54) is 22.3 Å². The van der Waals surface area contributed by atoms with E-state index < -0.39 is 12.6 Å². The molecular weight excluding hydrogens is 424 g/mol. The van der Waals surface area contributed by atoms with Crippen molar-refractivity contribution >= 4 is 5.57 Å². The molecule has 0 heterocycles. The van der Waals surface area contributed by atoms with Crippen molar-refractivity contribution in [2.24, 2.45) is 0 Å². The molecule has 0 spiro atoms. The van der Waals surface area contributed by atoms with Gasteiger partial charge in [-0.15, -0.1) is 0 Å². The van der Waals surface area contributed by atoms with Crippen LogP contribution in [0.3, 0.4) is 0 Å². The van der Waals surface area contributed by atoms with Gasteiger partial charge in [0.25, 0.3) is 0 Å². The molecule has 3 aromatic carbocycles. The Bertz CT molecular complexity index is 1070. The molecule has 4 rings (SSSR count). The number of aliphatic hydroxyl groups excluding tert-OH is 2. The fourth-order valence-electron chi connectivity index (χ4n) is 4.23. The quantitative estimate of drug-likeness (QED) is 0.363. The van der Waals surface area contributed by atoms with Crippen molar-refractivity contribution in [3.8, 4) is 16.9 Å². The molecule has 1 aliphatic carbocycles. The van der Waals surface area contributed by atoms with Crippen LogP contribution in [0.1, 0.15) is 48.8 Å². The van der Waals surface area contributed by atoms with Gasteiger partial charge in [0.2, 0.25) is 0 Å². The molecule has 0 saturated heterocycles. The van der Waals surface area contributed by atoms with E-state index in [9.17, 15) is 10.2 Å². The molecular formula is C30H34O4. The summed E-state index contributed by atoms with van der Waals surface area (Å²) < 4.78 is 11.4. The largest absolute Gasteiger partial charge is 0.465 e. The van der Waals surface area contributed by atoms with Gasteiger partial charge in [-0.1, -0.05) is 77.9 Å². The molecule has 0 fully saturated rings. The predicted octanol–water partition coefficient (Wildman–Crippen LogP) is 6.42. The molecule has 34 heavy (non-hydrogen) atoms. The number of hydrogen-bond donors (Lipinski definition) is 2. The minimum absolute atomic E-state index is 0.00317. The van der Waals surface area contributed by atoms with Crippen LogP contribution in [0.15, 0.2) is 78.9 Å². The van der Waals surface area contributed by atoms with Crippen molar-refractivity contribution in [3.05, 3.63) is 95.6 Å². The Kier molecular flexibility index (Phi) is 8.17. The number of rotatable bonds is 9. The number of allylic oxidation sites excluding steroid dienone is 1. The maximum atomic E-state index is 10.3. The van der Waals surface area contributed by atoms with Gasteiger partial charge in [-0.25, -0.2) is 0 Å². The van der Waals surface area contributed by atoms with E-state index in [2.05, 4.69) is 68.5 Å². The smallest absolute Gasteiger partial charge is 0.197 e. The van der Waals surface area contributed by atoms with Gasteiger partial charge in [-0.2, -0.15) is 0 Å². The zero-order valence-corrected chi connectivity index (χ0v) is 20.0. The Morgan fingerprint density at radius 2 is 1.26 bits per heavy atom. The standard InChI is InChI=1S/C30H34O4/c1-21-3-7-23(8-4-21)25-11-15-27(16-12-25)33-29(31)19-20-30(32)34-28-17-13-26(14-18-28)24-9-5-22(2)6-10-24/h3-13,15-16,28-32H,14,17-20H2,1-2H3. The molecule has 4 nitrogen and oxygen atoms in total. The van der Waals surface area contributed by atoms with Crippen LogP contribution < -0.4 is 4.74 Å². The SMILES string of the molecule is Cc1ccc(C2=CCC(OC(O)CCC(O)Oc3ccc(-c4ccc(C)cc4)cc3)CC2)cc1. The van der Waals surface area contributed by atoms with E-state index >= 15 is 0 Å². The van der Waals surface area contributed by atoms with E-state index in [1.54, 1.807) is 0 Å². The highest BCUT2D eigenvalue weighted by Gasteiger charge is 2.20.